The Hall–Kier alpha value is -5.66. The largest absolute Gasteiger partial charge is 0.486 e. The molecule has 0 fully saturated rings. The Labute approximate surface area is 393 Å². The Balaban J connectivity index is 0.000000262. The zero-order valence-electron chi connectivity index (χ0n) is 38.2. The van der Waals surface area contributed by atoms with Crippen molar-refractivity contribution in [1.82, 2.24) is 19.5 Å². The molecular formula is C57H54GeIrN4O-2. The van der Waals surface area contributed by atoms with Crippen molar-refractivity contribution in [2.45, 2.75) is 77.2 Å². The summed E-state index contributed by atoms with van der Waals surface area (Å²) in [7, 11) is 0. The van der Waals surface area contributed by atoms with E-state index in [0.29, 0.717) is 24.1 Å². The fraction of sp³-hybridized carbons (Fsp3) is 0.211. The Morgan fingerprint density at radius 3 is 2.11 bits per heavy atom. The first kappa shape index (κ1) is 44.9. The van der Waals surface area contributed by atoms with Crippen LogP contribution in [-0.2, 0) is 26.7 Å². The van der Waals surface area contributed by atoms with Gasteiger partial charge in [0.2, 0.25) is 5.71 Å². The first-order valence-electron chi connectivity index (χ1n) is 22.1. The van der Waals surface area contributed by atoms with Crippen molar-refractivity contribution in [3.8, 4) is 33.8 Å². The molecule has 4 aromatic heterocycles. The second-order valence-electron chi connectivity index (χ2n) is 18.5. The molecule has 10 rings (SSSR count). The van der Waals surface area contributed by atoms with E-state index in [1.54, 1.807) is 0 Å². The number of para-hydroxylation sites is 2. The fourth-order valence-electron chi connectivity index (χ4n) is 8.59. The summed E-state index contributed by atoms with van der Waals surface area (Å²) < 4.78 is 10.2. The van der Waals surface area contributed by atoms with Gasteiger partial charge in [-0.1, -0.05) is 99.3 Å². The molecular weight excluding hydrogens is 1020 g/mol. The van der Waals surface area contributed by atoms with Gasteiger partial charge in [0, 0.05) is 37.7 Å². The number of benzene rings is 6. The Morgan fingerprint density at radius 2 is 1.42 bits per heavy atom. The van der Waals surface area contributed by atoms with E-state index in [4.69, 9.17) is 9.40 Å². The van der Waals surface area contributed by atoms with Crippen LogP contribution in [0.3, 0.4) is 0 Å². The summed E-state index contributed by atoms with van der Waals surface area (Å²) in [5.74, 6) is 8.68. The van der Waals surface area contributed by atoms with Crippen molar-refractivity contribution >= 4 is 61.5 Å². The molecule has 0 bridgehead atoms. The topological polar surface area (TPSA) is 56.7 Å². The van der Waals surface area contributed by atoms with Crippen molar-refractivity contribution in [3.63, 3.8) is 0 Å². The van der Waals surface area contributed by atoms with Crippen LogP contribution in [0.25, 0.3) is 77.6 Å². The molecule has 0 unspecified atom stereocenters. The SMILES string of the molecule is Cc1c[c-]c(-c2cc[c]([Ge]([CH3])([CH3])[CH3])cn2)cc1.Cc1ccc2c(n1)oc1c(-c3nc4ccccc4n3Cc3c(C(C)C)cc(-c4ccc5ccccc5c4)cc3C(C)C)[c-]ccc12.[Ir]. The van der Waals surface area contributed by atoms with Crippen LogP contribution in [0.5, 0.6) is 0 Å². The minimum atomic E-state index is -1.73. The number of imidazole rings is 1. The second-order valence-corrected chi connectivity index (χ2v) is 29.1. The summed E-state index contributed by atoms with van der Waals surface area (Å²) in [6.45, 7) is 14.0. The van der Waals surface area contributed by atoms with Gasteiger partial charge >= 0.3 is 106 Å². The molecule has 0 saturated heterocycles. The number of hydrogen-bond donors (Lipinski definition) is 0. The van der Waals surface area contributed by atoms with E-state index in [0.717, 1.165) is 55.7 Å². The molecule has 4 heterocycles. The zero-order chi connectivity index (χ0) is 44.0. The Kier molecular flexibility index (Phi) is 12.9. The third kappa shape index (κ3) is 9.02. The third-order valence-corrected chi connectivity index (χ3v) is 16.4. The van der Waals surface area contributed by atoms with Gasteiger partial charge in [0.1, 0.15) is 0 Å². The first-order chi connectivity index (χ1) is 30.3. The molecule has 0 spiro atoms. The van der Waals surface area contributed by atoms with Crippen LogP contribution in [0.2, 0.25) is 17.3 Å². The quantitative estimate of drug-likeness (QED) is 0.112. The Bertz CT molecular complexity index is 3240. The predicted molar refractivity (Wildman–Crippen MR) is 267 cm³/mol. The Morgan fingerprint density at radius 1 is 0.688 bits per heavy atom. The fourth-order valence-corrected chi connectivity index (χ4v) is 10.8. The molecule has 0 atom stereocenters. The number of pyridine rings is 2. The van der Waals surface area contributed by atoms with Crippen molar-refractivity contribution in [2.24, 2.45) is 0 Å². The van der Waals surface area contributed by atoms with E-state index >= 15 is 0 Å². The van der Waals surface area contributed by atoms with Crippen LogP contribution in [0.1, 0.15) is 67.5 Å². The van der Waals surface area contributed by atoms with Crippen molar-refractivity contribution < 1.29 is 24.5 Å². The van der Waals surface area contributed by atoms with Crippen LogP contribution < -0.4 is 4.40 Å². The van der Waals surface area contributed by atoms with Crippen LogP contribution in [0.15, 0.2) is 144 Å². The molecule has 0 aliphatic carbocycles. The number of nitrogens with zero attached hydrogens (tertiary/aromatic N) is 4. The normalized spacial score (nSPS) is 11.7. The smallest absolute Gasteiger partial charge is 0.216 e. The second kappa shape index (κ2) is 18.4. The molecule has 0 amide bonds. The number of fused-ring (bicyclic) bond motifs is 5. The molecule has 0 saturated carbocycles. The third-order valence-electron chi connectivity index (χ3n) is 12.2. The molecule has 10 aromatic rings. The van der Waals surface area contributed by atoms with Crippen molar-refractivity contribution in [1.29, 1.82) is 0 Å². The van der Waals surface area contributed by atoms with Gasteiger partial charge in [0.15, 0.2) is 0 Å². The minimum Gasteiger partial charge on any atom is -0.486 e. The van der Waals surface area contributed by atoms with Crippen LogP contribution in [0.4, 0.5) is 0 Å². The average molecular weight is 1080 g/mol. The number of rotatable bonds is 8. The van der Waals surface area contributed by atoms with E-state index in [1.165, 1.54) is 48.5 Å². The summed E-state index contributed by atoms with van der Waals surface area (Å²) in [6, 6.07) is 54.1. The van der Waals surface area contributed by atoms with E-state index in [1.807, 2.05) is 31.3 Å². The van der Waals surface area contributed by atoms with Gasteiger partial charge in [-0.05, 0) is 87.7 Å². The number of aromatic nitrogens is 4. The molecule has 0 N–H and O–H groups in total. The molecule has 323 valence electrons. The summed E-state index contributed by atoms with van der Waals surface area (Å²) in [4.78, 5) is 14.5. The molecule has 1 radical (unpaired) electrons. The van der Waals surface area contributed by atoms with Gasteiger partial charge in [-0.25, -0.2) is 4.98 Å². The maximum atomic E-state index is 6.44. The van der Waals surface area contributed by atoms with Gasteiger partial charge in [-0.15, -0.1) is 18.2 Å². The molecule has 0 aliphatic rings. The van der Waals surface area contributed by atoms with Crippen LogP contribution in [-0.4, -0.2) is 32.8 Å². The first-order valence-corrected chi connectivity index (χ1v) is 29.4. The monoisotopic (exact) mass is 1080 g/mol. The predicted octanol–water partition coefficient (Wildman–Crippen LogP) is 14.6. The van der Waals surface area contributed by atoms with Crippen LogP contribution >= 0.6 is 0 Å². The summed E-state index contributed by atoms with van der Waals surface area (Å²) in [6.07, 6.45) is 2.04. The summed E-state index contributed by atoms with van der Waals surface area (Å²) in [5.41, 5.74) is 15.2. The molecule has 64 heavy (non-hydrogen) atoms. The number of aryl methyl sites for hydroxylation is 2. The number of hydrogen-bond acceptors (Lipinski definition) is 4. The van der Waals surface area contributed by atoms with E-state index in [2.05, 4.69) is 194 Å². The minimum absolute atomic E-state index is 0. The van der Waals surface area contributed by atoms with Crippen LogP contribution in [0, 0.1) is 26.0 Å². The molecule has 5 nitrogen and oxygen atoms in total. The van der Waals surface area contributed by atoms with Gasteiger partial charge < -0.3 is 8.98 Å². The van der Waals surface area contributed by atoms with Gasteiger partial charge in [0.25, 0.3) is 0 Å². The van der Waals surface area contributed by atoms with Gasteiger partial charge in [-0.2, -0.15) is 0 Å². The van der Waals surface area contributed by atoms with Crippen molar-refractivity contribution in [2.75, 3.05) is 0 Å². The van der Waals surface area contributed by atoms with E-state index < -0.39 is 13.3 Å². The maximum Gasteiger partial charge on any atom is 0.216 e. The maximum absolute atomic E-state index is 6.44. The van der Waals surface area contributed by atoms with Crippen molar-refractivity contribution in [3.05, 3.63) is 180 Å². The number of furan rings is 1. The van der Waals surface area contributed by atoms with E-state index in [9.17, 15) is 0 Å². The van der Waals surface area contributed by atoms with Gasteiger partial charge in [-0.3, -0.25) is 4.98 Å². The standard InChI is InChI=1S/C42H36N3O.C15H18GeN.Ir/c1-25(2)35-22-31(30-19-18-28-11-6-7-12-29(28)21-30)23-36(26(3)4)37(35)24-45-39-16-9-8-15-38(39)44-41(45)34-14-10-13-32-33-20-17-27(5)43-42(33)46-40(32)34;1-12-5-7-13(8-6-12)15-10-9-14(11-17-15)16(2,3)4;/h6-13,15-23,25-26H,24H2,1-5H3;5-7,9-11H,1-4H3;/q2*-1;. The molecule has 6 aromatic carbocycles. The summed E-state index contributed by atoms with van der Waals surface area (Å²) >= 11 is -1.73. The van der Waals surface area contributed by atoms with E-state index in [-0.39, 0.29) is 20.1 Å². The summed E-state index contributed by atoms with van der Waals surface area (Å²) in [5, 5.41) is 4.56. The average Bonchev–Trinajstić information content (AvgIpc) is 3.84. The van der Waals surface area contributed by atoms with Gasteiger partial charge in [0.05, 0.1) is 22.4 Å². The molecule has 7 heteroatoms. The molecule has 0 aliphatic heterocycles. The zero-order valence-corrected chi connectivity index (χ0v) is 42.7.